The van der Waals surface area contributed by atoms with E-state index in [4.69, 9.17) is 4.74 Å². The van der Waals surface area contributed by atoms with Gasteiger partial charge in [0.1, 0.15) is 5.69 Å². The summed E-state index contributed by atoms with van der Waals surface area (Å²) in [5.74, 6) is -0.299. The van der Waals surface area contributed by atoms with Crippen LogP contribution in [0.5, 0.6) is 0 Å². The summed E-state index contributed by atoms with van der Waals surface area (Å²) in [4.78, 5) is 24.8. The average Bonchev–Trinajstić information content (AvgIpc) is 2.24. The Balaban J connectivity index is 2.44. The topological polar surface area (TPSA) is 71.2 Å². The van der Waals surface area contributed by atoms with Crippen molar-refractivity contribution in [3.8, 4) is 0 Å². The largest absolute Gasteiger partial charge is 0.380 e. The summed E-state index contributed by atoms with van der Waals surface area (Å²) in [5.41, 5.74) is -0.0218. The van der Waals surface area contributed by atoms with Gasteiger partial charge in [0, 0.05) is 19.2 Å². The summed E-state index contributed by atoms with van der Waals surface area (Å²) in [6.07, 6.45) is 0. The molecule has 1 amide bonds. The molecule has 1 heterocycles. The standard InChI is InChI=1S/C10H14N2O3/c1-2-15-7-6-11-10(14)8-4-3-5-9(13)12-8/h3-5H,2,6-7H2,1H3,(H,11,14)(H,12,13). The molecule has 1 aromatic heterocycles. The van der Waals surface area contributed by atoms with E-state index in [0.717, 1.165) is 0 Å². The number of H-pyrrole nitrogens is 1. The maximum atomic E-state index is 11.4. The Morgan fingerprint density at radius 1 is 1.53 bits per heavy atom. The lowest BCUT2D eigenvalue weighted by Crippen LogP contribution is -2.29. The molecule has 0 bridgehead atoms. The summed E-state index contributed by atoms with van der Waals surface area (Å²) in [5, 5.41) is 2.63. The molecule has 0 saturated heterocycles. The molecular formula is C10H14N2O3. The summed E-state index contributed by atoms with van der Waals surface area (Å²) in [7, 11) is 0. The van der Waals surface area contributed by atoms with Crippen LogP contribution in [0.2, 0.25) is 0 Å². The molecule has 5 heteroatoms. The Labute approximate surface area is 87.5 Å². The molecule has 5 nitrogen and oxygen atoms in total. The van der Waals surface area contributed by atoms with Crippen LogP contribution in [0.1, 0.15) is 17.4 Å². The van der Waals surface area contributed by atoms with Crippen molar-refractivity contribution in [1.82, 2.24) is 10.3 Å². The molecule has 15 heavy (non-hydrogen) atoms. The maximum Gasteiger partial charge on any atom is 0.267 e. The van der Waals surface area contributed by atoms with Crippen molar-refractivity contribution in [3.63, 3.8) is 0 Å². The van der Waals surface area contributed by atoms with E-state index in [1.165, 1.54) is 12.1 Å². The van der Waals surface area contributed by atoms with Crippen molar-refractivity contribution < 1.29 is 9.53 Å². The fraction of sp³-hybridized carbons (Fsp3) is 0.400. The lowest BCUT2D eigenvalue weighted by atomic mass is 10.3. The molecule has 1 aromatic rings. The molecule has 0 fully saturated rings. The van der Waals surface area contributed by atoms with E-state index in [1.54, 1.807) is 6.07 Å². The minimum atomic E-state index is -0.299. The SMILES string of the molecule is CCOCCNC(=O)c1cccc(=O)[nH]1. The zero-order chi connectivity index (χ0) is 11.1. The van der Waals surface area contributed by atoms with E-state index < -0.39 is 0 Å². The zero-order valence-corrected chi connectivity index (χ0v) is 8.58. The molecule has 0 aliphatic carbocycles. The first-order valence-corrected chi connectivity index (χ1v) is 4.79. The number of nitrogens with one attached hydrogen (secondary N) is 2. The van der Waals surface area contributed by atoms with Gasteiger partial charge in [-0.3, -0.25) is 9.59 Å². The highest BCUT2D eigenvalue weighted by molar-refractivity contribution is 5.92. The van der Waals surface area contributed by atoms with Gasteiger partial charge >= 0.3 is 0 Å². The summed E-state index contributed by atoms with van der Waals surface area (Å²) < 4.78 is 5.06. The molecule has 2 N–H and O–H groups in total. The minimum Gasteiger partial charge on any atom is -0.380 e. The highest BCUT2D eigenvalue weighted by Gasteiger charge is 2.04. The molecule has 0 radical (unpaired) electrons. The predicted octanol–water partition coefficient (Wildman–Crippen LogP) is 0.141. The van der Waals surface area contributed by atoms with Crippen molar-refractivity contribution in [1.29, 1.82) is 0 Å². The third kappa shape index (κ3) is 3.95. The lowest BCUT2D eigenvalue weighted by molar-refractivity contribution is 0.0917. The van der Waals surface area contributed by atoms with Crippen LogP contribution in [-0.4, -0.2) is 30.6 Å². The van der Waals surface area contributed by atoms with Gasteiger partial charge in [-0.1, -0.05) is 6.07 Å². The van der Waals surface area contributed by atoms with Crippen molar-refractivity contribution in [2.24, 2.45) is 0 Å². The van der Waals surface area contributed by atoms with Crippen molar-refractivity contribution in [2.75, 3.05) is 19.8 Å². The van der Waals surface area contributed by atoms with Gasteiger partial charge in [0.15, 0.2) is 0 Å². The number of ether oxygens (including phenoxy) is 1. The minimum absolute atomic E-state index is 0.263. The second-order valence-electron chi connectivity index (χ2n) is 2.88. The van der Waals surface area contributed by atoms with E-state index in [0.29, 0.717) is 19.8 Å². The van der Waals surface area contributed by atoms with Crippen LogP contribution >= 0.6 is 0 Å². The number of carbonyl (C=O) groups is 1. The van der Waals surface area contributed by atoms with E-state index in [2.05, 4.69) is 10.3 Å². The molecule has 0 unspecified atom stereocenters. The normalized spacial score (nSPS) is 9.93. The Kier molecular flexibility index (Phi) is 4.56. The van der Waals surface area contributed by atoms with Gasteiger partial charge < -0.3 is 15.0 Å². The van der Waals surface area contributed by atoms with E-state index >= 15 is 0 Å². The van der Waals surface area contributed by atoms with Crippen LogP contribution in [-0.2, 0) is 4.74 Å². The molecule has 0 saturated carbocycles. The molecule has 1 rings (SSSR count). The third-order valence-electron chi connectivity index (χ3n) is 1.75. The highest BCUT2D eigenvalue weighted by atomic mass is 16.5. The fourth-order valence-corrected chi connectivity index (χ4v) is 1.06. The number of aromatic amines is 1. The monoisotopic (exact) mass is 210 g/mol. The van der Waals surface area contributed by atoms with E-state index in [-0.39, 0.29) is 17.2 Å². The summed E-state index contributed by atoms with van der Waals surface area (Å²) in [6.45, 7) is 3.41. The van der Waals surface area contributed by atoms with Gasteiger partial charge in [0.2, 0.25) is 5.56 Å². The van der Waals surface area contributed by atoms with Crippen molar-refractivity contribution >= 4 is 5.91 Å². The first-order valence-electron chi connectivity index (χ1n) is 4.79. The second-order valence-corrected chi connectivity index (χ2v) is 2.88. The predicted molar refractivity (Wildman–Crippen MR) is 55.9 cm³/mol. The third-order valence-corrected chi connectivity index (χ3v) is 1.75. The zero-order valence-electron chi connectivity index (χ0n) is 8.58. The Bertz CT molecular complexity index is 373. The van der Waals surface area contributed by atoms with Gasteiger partial charge in [-0.05, 0) is 13.0 Å². The van der Waals surface area contributed by atoms with Crippen LogP contribution < -0.4 is 10.9 Å². The Morgan fingerprint density at radius 2 is 2.33 bits per heavy atom. The molecule has 0 atom stereocenters. The molecule has 0 aromatic carbocycles. The van der Waals surface area contributed by atoms with Crippen LogP contribution in [0.4, 0.5) is 0 Å². The molecule has 0 aliphatic rings. The molecule has 0 spiro atoms. The fourth-order valence-electron chi connectivity index (χ4n) is 1.06. The van der Waals surface area contributed by atoms with E-state index in [1.807, 2.05) is 6.92 Å². The molecule has 82 valence electrons. The van der Waals surface area contributed by atoms with Crippen LogP contribution in [0.3, 0.4) is 0 Å². The van der Waals surface area contributed by atoms with Crippen LogP contribution in [0.15, 0.2) is 23.0 Å². The number of hydrogen-bond acceptors (Lipinski definition) is 3. The van der Waals surface area contributed by atoms with Crippen molar-refractivity contribution in [2.45, 2.75) is 6.92 Å². The smallest absolute Gasteiger partial charge is 0.267 e. The number of carbonyl (C=O) groups excluding carboxylic acids is 1. The van der Waals surface area contributed by atoms with Gasteiger partial charge in [-0.2, -0.15) is 0 Å². The first-order chi connectivity index (χ1) is 7.24. The van der Waals surface area contributed by atoms with Gasteiger partial charge in [-0.25, -0.2) is 0 Å². The first kappa shape index (κ1) is 11.5. The van der Waals surface area contributed by atoms with Gasteiger partial charge in [0.25, 0.3) is 5.91 Å². The Hall–Kier alpha value is -1.62. The van der Waals surface area contributed by atoms with Gasteiger partial charge in [0.05, 0.1) is 6.61 Å². The van der Waals surface area contributed by atoms with Crippen LogP contribution in [0, 0.1) is 0 Å². The number of amides is 1. The van der Waals surface area contributed by atoms with Gasteiger partial charge in [-0.15, -0.1) is 0 Å². The number of rotatable bonds is 5. The second kappa shape index (κ2) is 5.98. The highest BCUT2D eigenvalue weighted by Crippen LogP contribution is 1.89. The van der Waals surface area contributed by atoms with E-state index in [9.17, 15) is 9.59 Å². The number of pyridine rings is 1. The quantitative estimate of drug-likeness (QED) is 0.679. The summed E-state index contributed by atoms with van der Waals surface area (Å²) in [6, 6.07) is 4.45. The average molecular weight is 210 g/mol. The van der Waals surface area contributed by atoms with Crippen LogP contribution in [0.25, 0.3) is 0 Å². The number of aromatic nitrogens is 1. The lowest BCUT2D eigenvalue weighted by Gasteiger charge is -2.04. The molecular weight excluding hydrogens is 196 g/mol. The summed E-state index contributed by atoms with van der Waals surface area (Å²) >= 11 is 0. The van der Waals surface area contributed by atoms with Crippen molar-refractivity contribution in [3.05, 3.63) is 34.2 Å². The maximum absolute atomic E-state index is 11.4. The Morgan fingerprint density at radius 3 is 3.00 bits per heavy atom. The number of hydrogen-bond donors (Lipinski definition) is 2. The molecule has 0 aliphatic heterocycles.